The summed E-state index contributed by atoms with van der Waals surface area (Å²) in [6, 6.07) is 41.4. The highest BCUT2D eigenvalue weighted by molar-refractivity contribution is 6.15. The average Bonchev–Trinajstić information content (AvgIpc) is 3.08. The van der Waals surface area contributed by atoms with Gasteiger partial charge in [0.05, 0.1) is 0 Å². The quantitative estimate of drug-likeness (QED) is 0.109. The van der Waals surface area contributed by atoms with E-state index in [9.17, 15) is 30.6 Å². The normalized spacial score (nSPS) is 11.0. The summed E-state index contributed by atoms with van der Waals surface area (Å²) in [5.74, 6) is 0.435. The molecule has 0 spiro atoms. The van der Waals surface area contributed by atoms with Crippen LogP contribution in [-0.4, -0.2) is 30.6 Å². The summed E-state index contributed by atoms with van der Waals surface area (Å²) in [6.07, 6.45) is 0. The third kappa shape index (κ3) is 5.63. The van der Waals surface area contributed by atoms with Gasteiger partial charge >= 0.3 is 0 Å². The van der Waals surface area contributed by atoms with Crippen molar-refractivity contribution in [1.82, 2.24) is 0 Å². The second-order valence-electron chi connectivity index (χ2n) is 11.5. The SMILES string of the molecule is Oc1ccc(-c2c(-c3cccc(O)c3)c(-c3ccc(O)cc3)c(-c3cccc(O)c3)c(-c3ccc(O)cc3)c2-c2cccc(O)c2)cc1. The highest BCUT2D eigenvalue weighted by Gasteiger charge is 2.29. The molecule has 6 N–H and O–H groups in total. The summed E-state index contributed by atoms with van der Waals surface area (Å²) in [5, 5.41) is 63.5. The van der Waals surface area contributed by atoms with E-state index in [1.807, 2.05) is 54.6 Å². The standard InChI is InChI=1S/C42H30O6/c43-31-16-10-25(11-17-31)37-40(28-4-1-7-34(46)22-28)38(26-12-18-32(44)19-13-26)42(30-6-3-9-36(48)24-30)39(27-14-20-33(45)21-15-27)41(37)29-5-2-8-35(47)23-29/h1-24,43-48H. The number of hydrogen-bond acceptors (Lipinski definition) is 6. The third-order valence-corrected chi connectivity index (χ3v) is 8.37. The molecule has 0 heterocycles. The molecular formula is C42H30O6. The van der Waals surface area contributed by atoms with E-state index in [1.54, 1.807) is 91.0 Å². The Labute approximate surface area is 277 Å². The van der Waals surface area contributed by atoms with Gasteiger partial charge in [-0.3, -0.25) is 0 Å². The molecule has 0 aliphatic rings. The molecule has 48 heavy (non-hydrogen) atoms. The van der Waals surface area contributed by atoms with Crippen molar-refractivity contribution in [2.45, 2.75) is 0 Å². The monoisotopic (exact) mass is 630 g/mol. The van der Waals surface area contributed by atoms with Crippen molar-refractivity contribution in [3.05, 3.63) is 146 Å². The highest BCUT2D eigenvalue weighted by Crippen LogP contribution is 2.56. The maximum Gasteiger partial charge on any atom is 0.116 e. The Morgan fingerprint density at radius 2 is 0.438 bits per heavy atom. The summed E-state index contributed by atoms with van der Waals surface area (Å²) in [5.41, 5.74) is 8.66. The molecule has 0 fully saturated rings. The van der Waals surface area contributed by atoms with Crippen molar-refractivity contribution >= 4 is 0 Å². The van der Waals surface area contributed by atoms with Crippen LogP contribution in [0.1, 0.15) is 0 Å². The van der Waals surface area contributed by atoms with Crippen LogP contribution in [-0.2, 0) is 0 Å². The van der Waals surface area contributed by atoms with E-state index in [1.165, 1.54) is 0 Å². The van der Waals surface area contributed by atoms with Crippen molar-refractivity contribution in [3.8, 4) is 101 Å². The van der Waals surface area contributed by atoms with E-state index >= 15 is 0 Å². The fraction of sp³-hybridized carbons (Fsp3) is 0. The first-order valence-electron chi connectivity index (χ1n) is 15.3. The zero-order chi connectivity index (χ0) is 33.4. The van der Waals surface area contributed by atoms with Gasteiger partial charge in [-0.25, -0.2) is 0 Å². The number of benzene rings is 7. The largest absolute Gasteiger partial charge is 0.508 e. The van der Waals surface area contributed by atoms with E-state index in [4.69, 9.17) is 0 Å². The molecule has 7 aromatic carbocycles. The van der Waals surface area contributed by atoms with Crippen molar-refractivity contribution in [2.24, 2.45) is 0 Å². The first kappa shape index (κ1) is 30.0. The zero-order valence-electron chi connectivity index (χ0n) is 25.5. The van der Waals surface area contributed by atoms with Gasteiger partial charge in [-0.15, -0.1) is 0 Å². The Kier molecular flexibility index (Phi) is 7.67. The fourth-order valence-electron chi connectivity index (χ4n) is 6.35. The van der Waals surface area contributed by atoms with Gasteiger partial charge in [0.2, 0.25) is 0 Å². The highest BCUT2D eigenvalue weighted by atomic mass is 16.3. The Morgan fingerprint density at radius 1 is 0.208 bits per heavy atom. The summed E-state index contributed by atoms with van der Waals surface area (Å²) in [6.45, 7) is 0. The number of phenolic OH excluding ortho intramolecular Hbond substituents is 6. The van der Waals surface area contributed by atoms with Crippen LogP contribution >= 0.6 is 0 Å². The minimum Gasteiger partial charge on any atom is -0.508 e. The Balaban J connectivity index is 1.83. The smallest absolute Gasteiger partial charge is 0.116 e. The van der Waals surface area contributed by atoms with E-state index < -0.39 is 0 Å². The molecule has 0 bridgehead atoms. The number of rotatable bonds is 6. The fourth-order valence-corrected chi connectivity index (χ4v) is 6.35. The molecule has 6 nitrogen and oxygen atoms in total. The van der Waals surface area contributed by atoms with E-state index in [2.05, 4.69) is 0 Å². The molecule has 0 unspecified atom stereocenters. The molecule has 0 aliphatic carbocycles. The minimum atomic E-state index is 0.0567. The summed E-state index contributed by atoms with van der Waals surface area (Å²) >= 11 is 0. The van der Waals surface area contributed by atoms with Gasteiger partial charge in [-0.1, -0.05) is 72.8 Å². The van der Waals surface area contributed by atoms with Gasteiger partial charge in [0.15, 0.2) is 0 Å². The van der Waals surface area contributed by atoms with Crippen LogP contribution in [0.15, 0.2) is 146 Å². The van der Waals surface area contributed by atoms with Crippen LogP contribution in [0.25, 0.3) is 66.8 Å². The molecule has 0 amide bonds. The van der Waals surface area contributed by atoms with E-state index in [0.29, 0.717) is 16.7 Å². The second kappa shape index (κ2) is 12.3. The van der Waals surface area contributed by atoms with Crippen LogP contribution < -0.4 is 0 Å². The number of hydrogen-bond donors (Lipinski definition) is 6. The molecule has 0 saturated carbocycles. The molecule has 0 radical (unpaired) electrons. The molecule has 7 rings (SSSR count). The van der Waals surface area contributed by atoms with Crippen LogP contribution in [0.2, 0.25) is 0 Å². The topological polar surface area (TPSA) is 121 Å². The van der Waals surface area contributed by atoms with Crippen molar-refractivity contribution in [2.75, 3.05) is 0 Å². The molecule has 0 saturated heterocycles. The van der Waals surface area contributed by atoms with Gasteiger partial charge in [-0.2, -0.15) is 0 Å². The van der Waals surface area contributed by atoms with E-state index in [-0.39, 0.29) is 34.5 Å². The van der Waals surface area contributed by atoms with Crippen molar-refractivity contribution < 1.29 is 30.6 Å². The summed E-state index contributed by atoms with van der Waals surface area (Å²) < 4.78 is 0. The lowest BCUT2D eigenvalue weighted by atomic mass is 9.74. The second-order valence-corrected chi connectivity index (χ2v) is 11.5. The van der Waals surface area contributed by atoms with Gasteiger partial charge in [0.25, 0.3) is 0 Å². The van der Waals surface area contributed by atoms with Gasteiger partial charge in [-0.05, 0) is 140 Å². The maximum absolute atomic E-state index is 10.8. The maximum atomic E-state index is 10.8. The van der Waals surface area contributed by atoms with Crippen LogP contribution in [0, 0.1) is 0 Å². The zero-order valence-corrected chi connectivity index (χ0v) is 25.5. The molecule has 234 valence electrons. The Hall–Kier alpha value is -6.66. The Morgan fingerprint density at radius 3 is 0.667 bits per heavy atom. The predicted octanol–water partition coefficient (Wildman–Crippen LogP) is 9.92. The average molecular weight is 631 g/mol. The number of aromatic hydroxyl groups is 6. The third-order valence-electron chi connectivity index (χ3n) is 8.37. The lowest BCUT2D eigenvalue weighted by Gasteiger charge is -2.29. The Bertz CT molecular complexity index is 1990. The molecular weight excluding hydrogens is 600 g/mol. The van der Waals surface area contributed by atoms with Gasteiger partial charge in [0, 0.05) is 0 Å². The molecule has 6 heteroatoms. The molecule has 0 atom stereocenters. The molecule has 0 aliphatic heterocycles. The van der Waals surface area contributed by atoms with Crippen LogP contribution in [0.5, 0.6) is 34.5 Å². The lowest BCUT2D eigenvalue weighted by molar-refractivity contribution is 0.475. The van der Waals surface area contributed by atoms with Crippen LogP contribution in [0.3, 0.4) is 0 Å². The number of phenols is 6. The van der Waals surface area contributed by atoms with Crippen LogP contribution in [0.4, 0.5) is 0 Å². The van der Waals surface area contributed by atoms with E-state index in [0.717, 1.165) is 50.1 Å². The predicted molar refractivity (Wildman–Crippen MR) is 189 cm³/mol. The first-order chi connectivity index (χ1) is 23.3. The van der Waals surface area contributed by atoms with Gasteiger partial charge in [0.1, 0.15) is 34.5 Å². The first-order valence-corrected chi connectivity index (χ1v) is 15.3. The van der Waals surface area contributed by atoms with Crippen molar-refractivity contribution in [3.63, 3.8) is 0 Å². The van der Waals surface area contributed by atoms with Gasteiger partial charge < -0.3 is 30.6 Å². The molecule has 0 aromatic heterocycles. The lowest BCUT2D eigenvalue weighted by Crippen LogP contribution is -2.02. The minimum absolute atomic E-state index is 0.0567. The summed E-state index contributed by atoms with van der Waals surface area (Å²) in [4.78, 5) is 0. The summed E-state index contributed by atoms with van der Waals surface area (Å²) in [7, 11) is 0. The van der Waals surface area contributed by atoms with Crippen molar-refractivity contribution in [1.29, 1.82) is 0 Å². The molecule has 7 aromatic rings.